The predicted octanol–water partition coefficient (Wildman–Crippen LogP) is 1.58. The second-order valence-corrected chi connectivity index (χ2v) is 6.91. The Bertz CT molecular complexity index is 1000. The maximum Gasteiger partial charge on any atom is 0.221 e. The van der Waals surface area contributed by atoms with E-state index in [4.69, 9.17) is 10.8 Å². The van der Waals surface area contributed by atoms with Gasteiger partial charge in [-0.2, -0.15) is 10.1 Å². The molecule has 7 heteroatoms. The zero-order chi connectivity index (χ0) is 18.9. The first kappa shape index (κ1) is 17.9. The summed E-state index contributed by atoms with van der Waals surface area (Å²) in [5.74, 6) is 6.63. The van der Waals surface area contributed by atoms with Crippen LogP contribution in [-0.4, -0.2) is 49.5 Å². The molecule has 0 fully saturated rings. The molecule has 134 valence electrons. The SMILES string of the molecule is CN(C)Cc1nn(-c2ccnc(N)n2)c2cc(C#CC(C)(C)O)ccc12. The second-order valence-electron chi connectivity index (χ2n) is 6.91. The van der Waals surface area contributed by atoms with Crippen molar-refractivity contribution in [3.8, 4) is 17.7 Å². The number of hydrogen-bond acceptors (Lipinski definition) is 6. The summed E-state index contributed by atoms with van der Waals surface area (Å²) in [5.41, 5.74) is 7.28. The maximum absolute atomic E-state index is 9.83. The first-order valence-electron chi connectivity index (χ1n) is 8.24. The van der Waals surface area contributed by atoms with Gasteiger partial charge in [-0.3, -0.25) is 0 Å². The van der Waals surface area contributed by atoms with Gasteiger partial charge in [0, 0.05) is 29.8 Å². The monoisotopic (exact) mass is 350 g/mol. The zero-order valence-electron chi connectivity index (χ0n) is 15.4. The van der Waals surface area contributed by atoms with Crippen molar-refractivity contribution in [3.63, 3.8) is 0 Å². The molecule has 0 aliphatic heterocycles. The number of fused-ring (bicyclic) bond motifs is 1. The van der Waals surface area contributed by atoms with Crippen LogP contribution in [0.5, 0.6) is 0 Å². The third-order valence-electron chi connectivity index (χ3n) is 3.61. The van der Waals surface area contributed by atoms with Crippen molar-refractivity contribution < 1.29 is 5.11 Å². The maximum atomic E-state index is 9.83. The van der Waals surface area contributed by atoms with Crippen LogP contribution in [0.2, 0.25) is 0 Å². The van der Waals surface area contributed by atoms with Gasteiger partial charge in [-0.05, 0) is 46.1 Å². The van der Waals surface area contributed by atoms with Crippen molar-refractivity contribution in [3.05, 3.63) is 41.7 Å². The molecule has 3 N–H and O–H groups in total. The molecule has 1 aromatic carbocycles. The van der Waals surface area contributed by atoms with Gasteiger partial charge in [0.2, 0.25) is 5.95 Å². The van der Waals surface area contributed by atoms with Gasteiger partial charge in [-0.25, -0.2) is 9.67 Å². The Morgan fingerprint density at radius 1 is 1.27 bits per heavy atom. The van der Waals surface area contributed by atoms with Crippen molar-refractivity contribution in [2.45, 2.75) is 26.0 Å². The minimum Gasteiger partial charge on any atom is -0.378 e. The van der Waals surface area contributed by atoms with Crippen molar-refractivity contribution in [2.24, 2.45) is 0 Å². The predicted molar refractivity (Wildman–Crippen MR) is 102 cm³/mol. The summed E-state index contributed by atoms with van der Waals surface area (Å²) >= 11 is 0. The van der Waals surface area contributed by atoms with E-state index in [-0.39, 0.29) is 5.95 Å². The fourth-order valence-electron chi connectivity index (χ4n) is 2.55. The fourth-order valence-corrected chi connectivity index (χ4v) is 2.55. The lowest BCUT2D eigenvalue weighted by atomic mass is 10.1. The van der Waals surface area contributed by atoms with E-state index in [1.807, 2.05) is 32.3 Å². The molecule has 0 spiro atoms. The Labute approximate surface area is 152 Å². The van der Waals surface area contributed by atoms with E-state index in [1.165, 1.54) is 0 Å². The molecule has 0 aliphatic rings. The number of nitrogen functional groups attached to an aromatic ring is 1. The normalized spacial score (nSPS) is 11.6. The number of nitrogens with two attached hydrogens (primary N) is 1. The van der Waals surface area contributed by atoms with Crippen molar-refractivity contribution in [2.75, 3.05) is 19.8 Å². The van der Waals surface area contributed by atoms with Crippen LogP contribution in [0.25, 0.3) is 16.7 Å². The van der Waals surface area contributed by atoms with Gasteiger partial charge in [0.15, 0.2) is 5.82 Å². The molecule has 0 bridgehead atoms. The van der Waals surface area contributed by atoms with Crippen LogP contribution >= 0.6 is 0 Å². The molecule has 0 aliphatic carbocycles. The largest absolute Gasteiger partial charge is 0.378 e. The van der Waals surface area contributed by atoms with Gasteiger partial charge in [0.25, 0.3) is 0 Å². The van der Waals surface area contributed by atoms with Gasteiger partial charge in [-0.1, -0.05) is 11.8 Å². The lowest BCUT2D eigenvalue weighted by molar-refractivity contribution is 0.143. The number of hydrogen-bond donors (Lipinski definition) is 2. The summed E-state index contributed by atoms with van der Waals surface area (Å²) in [6, 6.07) is 7.63. The van der Waals surface area contributed by atoms with Crippen LogP contribution in [0.15, 0.2) is 30.5 Å². The van der Waals surface area contributed by atoms with Crippen LogP contribution in [0.1, 0.15) is 25.1 Å². The van der Waals surface area contributed by atoms with Gasteiger partial charge in [-0.15, -0.1) is 0 Å². The molecule has 3 rings (SSSR count). The minimum absolute atomic E-state index is 0.193. The number of anilines is 1. The lowest BCUT2D eigenvalue weighted by Crippen LogP contribution is -2.14. The molecule has 0 amide bonds. The van der Waals surface area contributed by atoms with E-state index in [2.05, 4.69) is 26.7 Å². The van der Waals surface area contributed by atoms with Crippen LogP contribution < -0.4 is 5.73 Å². The van der Waals surface area contributed by atoms with Crippen LogP contribution in [-0.2, 0) is 6.54 Å². The third kappa shape index (κ3) is 3.99. The highest BCUT2D eigenvalue weighted by Gasteiger charge is 2.14. The van der Waals surface area contributed by atoms with E-state index in [0.717, 1.165) is 22.2 Å². The summed E-state index contributed by atoms with van der Waals surface area (Å²) in [6.07, 6.45) is 1.61. The first-order valence-corrected chi connectivity index (χ1v) is 8.24. The second kappa shape index (κ2) is 6.75. The number of aromatic nitrogens is 4. The smallest absolute Gasteiger partial charge is 0.221 e. The molecular formula is C19H22N6O. The summed E-state index contributed by atoms with van der Waals surface area (Å²) < 4.78 is 1.75. The fraction of sp³-hybridized carbons (Fsp3) is 0.316. The average molecular weight is 350 g/mol. The van der Waals surface area contributed by atoms with Crippen molar-refractivity contribution in [1.29, 1.82) is 0 Å². The summed E-state index contributed by atoms with van der Waals surface area (Å²) in [5, 5.41) is 15.6. The third-order valence-corrected chi connectivity index (χ3v) is 3.61. The summed E-state index contributed by atoms with van der Waals surface area (Å²) in [4.78, 5) is 10.3. The van der Waals surface area contributed by atoms with Crippen molar-refractivity contribution in [1.82, 2.24) is 24.6 Å². The van der Waals surface area contributed by atoms with E-state index in [9.17, 15) is 5.11 Å². The quantitative estimate of drug-likeness (QED) is 0.697. The van der Waals surface area contributed by atoms with Gasteiger partial charge >= 0.3 is 0 Å². The first-order chi connectivity index (χ1) is 12.2. The van der Waals surface area contributed by atoms with Gasteiger partial charge < -0.3 is 15.7 Å². The molecule has 3 aromatic rings. The van der Waals surface area contributed by atoms with E-state index in [0.29, 0.717) is 12.4 Å². The minimum atomic E-state index is -1.05. The molecule has 0 radical (unpaired) electrons. The molecule has 2 aromatic heterocycles. The molecule has 0 saturated heterocycles. The number of benzene rings is 1. The Morgan fingerprint density at radius 3 is 2.69 bits per heavy atom. The van der Waals surface area contributed by atoms with Crippen molar-refractivity contribution >= 4 is 16.9 Å². The number of aliphatic hydroxyl groups is 1. The van der Waals surface area contributed by atoms with E-state index < -0.39 is 5.60 Å². The standard InChI is InChI=1S/C19H22N6O/c1-19(2,26)9-7-13-5-6-14-15(12-24(3)4)23-25(16(14)11-13)17-8-10-21-18(20)22-17/h5-6,8,10-11,26H,12H2,1-4H3,(H2,20,21,22). The number of nitrogens with zero attached hydrogens (tertiary/aromatic N) is 5. The number of rotatable bonds is 3. The molecule has 7 nitrogen and oxygen atoms in total. The Kier molecular flexibility index (Phi) is 4.64. The molecule has 0 saturated carbocycles. The Morgan fingerprint density at radius 2 is 2.04 bits per heavy atom. The lowest BCUT2D eigenvalue weighted by Gasteiger charge is -2.06. The summed E-state index contributed by atoms with van der Waals surface area (Å²) in [7, 11) is 3.99. The molecular weight excluding hydrogens is 328 g/mol. The highest BCUT2D eigenvalue weighted by molar-refractivity contribution is 5.84. The van der Waals surface area contributed by atoms with E-state index >= 15 is 0 Å². The summed E-state index contributed by atoms with van der Waals surface area (Å²) in [6.45, 7) is 4.00. The van der Waals surface area contributed by atoms with Crippen LogP contribution in [0, 0.1) is 11.8 Å². The topological polar surface area (TPSA) is 93.1 Å². The highest BCUT2D eigenvalue weighted by Crippen LogP contribution is 2.23. The zero-order valence-corrected chi connectivity index (χ0v) is 15.4. The molecule has 26 heavy (non-hydrogen) atoms. The van der Waals surface area contributed by atoms with Gasteiger partial charge in [0.05, 0.1) is 11.2 Å². The molecule has 0 unspecified atom stereocenters. The molecule has 2 heterocycles. The Hall–Kier alpha value is -2.95. The highest BCUT2D eigenvalue weighted by atomic mass is 16.3. The molecule has 0 atom stereocenters. The average Bonchev–Trinajstić information content (AvgIpc) is 2.90. The Balaban J connectivity index is 2.19. The van der Waals surface area contributed by atoms with Crippen LogP contribution in [0.3, 0.4) is 0 Å². The van der Waals surface area contributed by atoms with Gasteiger partial charge in [0.1, 0.15) is 5.60 Å². The van der Waals surface area contributed by atoms with E-state index in [1.54, 1.807) is 30.8 Å². The van der Waals surface area contributed by atoms with Crippen LogP contribution in [0.4, 0.5) is 5.95 Å².